The number of hydrogen-bond donors (Lipinski definition) is 1. The highest BCUT2D eigenvalue weighted by molar-refractivity contribution is 5.61. The van der Waals surface area contributed by atoms with Gasteiger partial charge < -0.3 is 4.74 Å². The van der Waals surface area contributed by atoms with Crippen LogP contribution in [0.5, 0.6) is 5.88 Å². The van der Waals surface area contributed by atoms with Gasteiger partial charge in [-0.05, 0) is 6.92 Å². The summed E-state index contributed by atoms with van der Waals surface area (Å²) in [6.45, 7) is 2.40. The lowest BCUT2D eigenvalue weighted by molar-refractivity contribution is -0.384. The number of ether oxygens (including phenoxy) is 1. The summed E-state index contributed by atoms with van der Waals surface area (Å²) in [5.74, 6) is 0.996. The van der Waals surface area contributed by atoms with Gasteiger partial charge in [-0.3, -0.25) is 15.2 Å². The quantitative estimate of drug-likeness (QED) is 0.579. The number of nitro groups is 1. The van der Waals surface area contributed by atoms with E-state index in [4.69, 9.17) is 4.74 Å². The van der Waals surface area contributed by atoms with E-state index in [1.54, 1.807) is 18.2 Å². The first-order valence-corrected chi connectivity index (χ1v) is 6.01. The number of benzene rings is 1. The maximum absolute atomic E-state index is 10.8. The topological polar surface area (TPSA) is 98.4 Å². The third-order valence-corrected chi connectivity index (χ3v) is 2.73. The van der Waals surface area contributed by atoms with Crippen LogP contribution < -0.4 is 4.74 Å². The summed E-state index contributed by atoms with van der Waals surface area (Å²) >= 11 is 0. The number of rotatable bonds is 4. The summed E-state index contributed by atoms with van der Waals surface area (Å²) in [5.41, 5.74) is 1.24. The molecule has 1 aromatic carbocycles. The minimum Gasteiger partial charge on any atom is -0.477 e. The van der Waals surface area contributed by atoms with Gasteiger partial charge in [0, 0.05) is 23.8 Å². The number of hydrogen-bond acceptors (Lipinski definition) is 5. The molecular weight excluding hydrogens is 262 g/mol. The summed E-state index contributed by atoms with van der Waals surface area (Å²) in [6, 6.07) is 7.95. The highest BCUT2D eigenvalue weighted by Gasteiger charge is 2.12. The predicted molar refractivity (Wildman–Crippen MR) is 70.6 cm³/mol. The maximum Gasteiger partial charge on any atom is 0.270 e. The van der Waals surface area contributed by atoms with E-state index in [-0.39, 0.29) is 5.69 Å². The van der Waals surface area contributed by atoms with Crippen LogP contribution >= 0.6 is 0 Å². The average molecular weight is 273 g/mol. The fourth-order valence-electron chi connectivity index (χ4n) is 1.87. The fraction of sp³-hybridized carbons (Fsp3) is 0.167. The van der Waals surface area contributed by atoms with Gasteiger partial charge in [0.05, 0.1) is 11.5 Å². The first-order chi connectivity index (χ1) is 9.67. The Morgan fingerprint density at radius 3 is 3.00 bits per heavy atom. The molecular formula is C12H11N5O3. The zero-order chi connectivity index (χ0) is 14.1. The summed E-state index contributed by atoms with van der Waals surface area (Å²) in [7, 11) is 0. The lowest BCUT2D eigenvalue weighted by Crippen LogP contribution is -1.94. The smallest absolute Gasteiger partial charge is 0.270 e. The highest BCUT2D eigenvalue weighted by atomic mass is 16.6. The number of H-pyrrole nitrogens is 1. The Morgan fingerprint density at radius 2 is 2.30 bits per heavy atom. The minimum absolute atomic E-state index is 0.0199. The van der Waals surface area contributed by atoms with E-state index in [9.17, 15) is 10.1 Å². The zero-order valence-electron chi connectivity index (χ0n) is 10.6. The molecule has 0 aliphatic rings. The van der Waals surface area contributed by atoms with Crippen LogP contribution in [0.1, 0.15) is 6.92 Å². The summed E-state index contributed by atoms with van der Waals surface area (Å²) in [6.07, 6.45) is 0. The Hall–Kier alpha value is -2.90. The van der Waals surface area contributed by atoms with Gasteiger partial charge in [0.25, 0.3) is 5.69 Å². The molecule has 0 saturated heterocycles. The molecule has 0 radical (unpaired) electrons. The van der Waals surface area contributed by atoms with Gasteiger partial charge in [-0.2, -0.15) is 4.63 Å². The molecule has 0 spiro atoms. The van der Waals surface area contributed by atoms with Crippen LogP contribution in [0, 0.1) is 10.1 Å². The molecule has 0 fully saturated rings. The molecule has 2 aromatic heterocycles. The van der Waals surface area contributed by atoms with Crippen molar-refractivity contribution in [2.75, 3.05) is 6.61 Å². The lowest BCUT2D eigenvalue weighted by Gasteiger charge is -1.96. The van der Waals surface area contributed by atoms with Crippen LogP contribution in [0.2, 0.25) is 0 Å². The molecule has 0 aliphatic heterocycles. The third-order valence-electron chi connectivity index (χ3n) is 2.73. The lowest BCUT2D eigenvalue weighted by atomic mass is 10.2. The molecule has 2 heterocycles. The van der Waals surface area contributed by atoms with Crippen LogP contribution in [-0.4, -0.2) is 31.3 Å². The second kappa shape index (κ2) is 4.65. The maximum atomic E-state index is 10.8. The SMILES string of the molecule is CCOc1cc2nc(-c3cccc([N+](=O)[O-])c3)[nH]n2n1. The van der Waals surface area contributed by atoms with Gasteiger partial charge >= 0.3 is 0 Å². The Balaban J connectivity index is 1.99. The van der Waals surface area contributed by atoms with Crippen molar-refractivity contribution in [2.45, 2.75) is 6.92 Å². The van der Waals surface area contributed by atoms with Crippen molar-refractivity contribution in [3.63, 3.8) is 0 Å². The normalized spacial score (nSPS) is 10.8. The van der Waals surface area contributed by atoms with E-state index in [2.05, 4.69) is 15.2 Å². The Morgan fingerprint density at radius 1 is 1.45 bits per heavy atom. The van der Waals surface area contributed by atoms with Crippen LogP contribution in [0.25, 0.3) is 17.0 Å². The molecule has 3 aromatic rings. The summed E-state index contributed by atoms with van der Waals surface area (Å²) < 4.78 is 6.74. The molecule has 0 bridgehead atoms. The van der Waals surface area contributed by atoms with E-state index in [1.165, 1.54) is 16.8 Å². The van der Waals surface area contributed by atoms with Crippen molar-refractivity contribution in [3.8, 4) is 17.3 Å². The first kappa shape index (κ1) is 12.2. The Bertz CT molecular complexity index is 745. The average Bonchev–Trinajstić information content (AvgIpc) is 2.97. The number of aromatic amines is 1. The highest BCUT2D eigenvalue weighted by Crippen LogP contribution is 2.22. The van der Waals surface area contributed by atoms with Crippen molar-refractivity contribution < 1.29 is 9.66 Å². The molecule has 8 heteroatoms. The molecule has 0 unspecified atom stereocenters. The number of nitrogens with one attached hydrogen (secondary N) is 1. The van der Waals surface area contributed by atoms with Crippen molar-refractivity contribution in [1.29, 1.82) is 0 Å². The van der Waals surface area contributed by atoms with E-state index in [0.717, 1.165) is 0 Å². The second-order valence-corrected chi connectivity index (χ2v) is 4.07. The van der Waals surface area contributed by atoms with Gasteiger partial charge in [0.1, 0.15) is 0 Å². The molecule has 8 nitrogen and oxygen atoms in total. The largest absolute Gasteiger partial charge is 0.477 e. The van der Waals surface area contributed by atoms with E-state index < -0.39 is 4.92 Å². The Kier molecular flexibility index (Phi) is 2.82. The van der Waals surface area contributed by atoms with Crippen molar-refractivity contribution in [3.05, 3.63) is 40.4 Å². The molecule has 0 atom stereocenters. The standard InChI is InChI=1S/C12H11N5O3/c1-2-20-11-7-10-13-12(15-16(10)14-11)8-4-3-5-9(6-8)17(18)19/h3-7H,2H2,1H3,(H,13,15). The molecule has 1 N–H and O–H groups in total. The number of nitro benzene ring substituents is 1. The number of nitrogens with zero attached hydrogens (tertiary/aromatic N) is 4. The second-order valence-electron chi connectivity index (χ2n) is 4.07. The monoisotopic (exact) mass is 273 g/mol. The van der Waals surface area contributed by atoms with Crippen molar-refractivity contribution in [1.82, 2.24) is 19.8 Å². The molecule has 3 rings (SSSR count). The predicted octanol–water partition coefficient (Wildman–Crippen LogP) is 2.03. The number of aromatic nitrogens is 4. The zero-order valence-corrected chi connectivity index (χ0v) is 10.6. The number of fused-ring (bicyclic) bond motifs is 1. The Labute approximate surface area is 113 Å². The van der Waals surface area contributed by atoms with Gasteiger partial charge in [-0.25, -0.2) is 4.98 Å². The van der Waals surface area contributed by atoms with E-state index in [0.29, 0.717) is 29.5 Å². The van der Waals surface area contributed by atoms with Gasteiger partial charge in [0.15, 0.2) is 11.5 Å². The van der Waals surface area contributed by atoms with E-state index >= 15 is 0 Å². The fourth-order valence-corrected chi connectivity index (χ4v) is 1.87. The van der Waals surface area contributed by atoms with Gasteiger partial charge in [-0.1, -0.05) is 12.1 Å². The van der Waals surface area contributed by atoms with Crippen LogP contribution in [-0.2, 0) is 0 Å². The molecule has 0 amide bonds. The summed E-state index contributed by atoms with van der Waals surface area (Å²) in [4.78, 5) is 14.7. The molecule has 0 saturated carbocycles. The van der Waals surface area contributed by atoms with Gasteiger partial charge in [0.2, 0.25) is 5.88 Å². The van der Waals surface area contributed by atoms with Crippen LogP contribution in [0.15, 0.2) is 30.3 Å². The van der Waals surface area contributed by atoms with Crippen molar-refractivity contribution in [2.24, 2.45) is 0 Å². The van der Waals surface area contributed by atoms with Crippen LogP contribution in [0.3, 0.4) is 0 Å². The number of non-ortho nitro benzene ring substituents is 1. The van der Waals surface area contributed by atoms with E-state index in [1.807, 2.05) is 6.92 Å². The summed E-state index contributed by atoms with van der Waals surface area (Å²) in [5, 5.41) is 17.9. The molecule has 102 valence electrons. The minimum atomic E-state index is -0.440. The van der Waals surface area contributed by atoms with Gasteiger partial charge in [-0.15, -0.1) is 5.10 Å². The first-order valence-electron chi connectivity index (χ1n) is 6.01. The molecule has 0 aliphatic carbocycles. The van der Waals surface area contributed by atoms with Crippen LogP contribution in [0.4, 0.5) is 5.69 Å². The molecule has 20 heavy (non-hydrogen) atoms. The van der Waals surface area contributed by atoms with Crippen molar-refractivity contribution >= 4 is 11.3 Å². The third kappa shape index (κ3) is 2.07.